The molecule has 1 heterocycles. The van der Waals surface area contributed by atoms with E-state index in [4.69, 9.17) is 13.9 Å². The summed E-state index contributed by atoms with van der Waals surface area (Å²) in [5, 5.41) is 0. The summed E-state index contributed by atoms with van der Waals surface area (Å²) in [6.07, 6.45) is 12.5. The molecule has 1 aliphatic carbocycles. The predicted molar refractivity (Wildman–Crippen MR) is 114 cm³/mol. The molecule has 3 rings (SSSR count). The Morgan fingerprint density at radius 3 is 2.76 bits per heavy atom. The van der Waals surface area contributed by atoms with Crippen LogP contribution in [0, 0.1) is 11.8 Å². The Labute approximate surface area is 173 Å². The number of methoxy groups -OCH3 is 1. The highest BCUT2D eigenvalue weighted by atomic mass is 16.5. The molecule has 2 aromatic rings. The minimum atomic E-state index is -0.210. The number of esters is 1. The first-order valence-corrected chi connectivity index (χ1v) is 10.6. The van der Waals surface area contributed by atoms with Gasteiger partial charge in [0.15, 0.2) is 0 Å². The highest BCUT2D eigenvalue weighted by Crippen LogP contribution is 2.33. The van der Waals surface area contributed by atoms with E-state index in [1.165, 1.54) is 39.2 Å². The van der Waals surface area contributed by atoms with E-state index in [9.17, 15) is 4.79 Å². The maximum Gasteiger partial charge on any atom is 0.309 e. The Morgan fingerprint density at radius 1 is 1.21 bits per heavy atom. The highest BCUT2D eigenvalue weighted by molar-refractivity contribution is 5.70. The third kappa shape index (κ3) is 6.33. The van der Waals surface area contributed by atoms with Gasteiger partial charge in [-0.2, -0.15) is 0 Å². The molecule has 1 fully saturated rings. The smallest absolute Gasteiger partial charge is 0.309 e. The summed E-state index contributed by atoms with van der Waals surface area (Å²) < 4.78 is 16.7. The van der Waals surface area contributed by atoms with Crippen LogP contribution in [0.4, 0.5) is 0 Å². The van der Waals surface area contributed by atoms with Gasteiger partial charge in [-0.25, -0.2) is 0 Å². The molecule has 0 aliphatic heterocycles. The molecule has 1 aromatic carbocycles. The second kappa shape index (κ2) is 11.0. The number of benzene rings is 1. The van der Waals surface area contributed by atoms with Crippen molar-refractivity contribution >= 4 is 5.97 Å². The summed E-state index contributed by atoms with van der Waals surface area (Å²) in [6, 6.07) is 12.2. The van der Waals surface area contributed by atoms with Gasteiger partial charge in [0, 0.05) is 11.5 Å². The van der Waals surface area contributed by atoms with Gasteiger partial charge in [0.2, 0.25) is 0 Å². The van der Waals surface area contributed by atoms with Gasteiger partial charge >= 0.3 is 5.97 Å². The van der Waals surface area contributed by atoms with Crippen LogP contribution in [0.25, 0.3) is 11.3 Å². The van der Waals surface area contributed by atoms with Gasteiger partial charge in [-0.15, -0.1) is 0 Å². The van der Waals surface area contributed by atoms with Crippen LogP contribution in [0.2, 0.25) is 0 Å². The maximum atomic E-state index is 11.4. The second-order valence-electron chi connectivity index (χ2n) is 7.92. The van der Waals surface area contributed by atoms with E-state index in [2.05, 4.69) is 31.2 Å². The minimum Gasteiger partial charge on any atom is -0.469 e. The van der Waals surface area contributed by atoms with Crippen molar-refractivity contribution in [1.82, 2.24) is 0 Å². The van der Waals surface area contributed by atoms with Crippen LogP contribution in [0.3, 0.4) is 0 Å². The number of rotatable bonds is 9. The zero-order chi connectivity index (χ0) is 20.5. The molecule has 0 bridgehead atoms. The van der Waals surface area contributed by atoms with Crippen molar-refractivity contribution in [1.29, 1.82) is 0 Å². The number of hydrogen-bond acceptors (Lipinski definition) is 4. The SMILES string of the molecule is COC(=O)C/C=C/[C@@H](C)[C@H](OCc1cccc(-c2ccco2)c1)C1CCCCC1. The molecular weight excluding hydrogens is 364 g/mol. The third-order valence-electron chi connectivity index (χ3n) is 5.76. The van der Waals surface area contributed by atoms with Crippen molar-refractivity contribution < 1.29 is 18.7 Å². The molecule has 156 valence electrons. The molecule has 29 heavy (non-hydrogen) atoms. The first-order valence-electron chi connectivity index (χ1n) is 10.6. The predicted octanol–water partition coefficient (Wildman–Crippen LogP) is 6.17. The van der Waals surface area contributed by atoms with Crippen molar-refractivity contribution in [2.45, 2.75) is 58.2 Å². The largest absolute Gasteiger partial charge is 0.469 e. The summed E-state index contributed by atoms with van der Waals surface area (Å²) in [4.78, 5) is 11.4. The third-order valence-corrected chi connectivity index (χ3v) is 5.76. The van der Waals surface area contributed by atoms with Gasteiger partial charge in [-0.3, -0.25) is 4.79 Å². The fourth-order valence-corrected chi connectivity index (χ4v) is 4.20. The van der Waals surface area contributed by atoms with E-state index >= 15 is 0 Å². The van der Waals surface area contributed by atoms with Crippen LogP contribution in [-0.2, 0) is 20.9 Å². The second-order valence-corrected chi connectivity index (χ2v) is 7.92. The molecule has 4 nitrogen and oxygen atoms in total. The van der Waals surface area contributed by atoms with Gasteiger partial charge in [-0.1, -0.05) is 56.5 Å². The molecule has 1 aromatic heterocycles. The van der Waals surface area contributed by atoms with E-state index < -0.39 is 0 Å². The van der Waals surface area contributed by atoms with Crippen LogP contribution in [0.15, 0.2) is 59.2 Å². The Morgan fingerprint density at radius 2 is 2.03 bits per heavy atom. The van der Waals surface area contributed by atoms with E-state index in [-0.39, 0.29) is 18.0 Å². The summed E-state index contributed by atoms with van der Waals surface area (Å²) >= 11 is 0. The van der Waals surface area contributed by atoms with Gasteiger partial charge in [0.25, 0.3) is 0 Å². The fourth-order valence-electron chi connectivity index (χ4n) is 4.20. The molecule has 1 saturated carbocycles. The van der Waals surface area contributed by atoms with Crippen molar-refractivity contribution in [2.24, 2.45) is 11.8 Å². The topological polar surface area (TPSA) is 48.7 Å². The first kappa shape index (κ1) is 21.4. The molecule has 2 atom stereocenters. The van der Waals surface area contributed by atoms with E-state index in [0.29, 0.717) is 18.9 Å². The highest BCUT2D eigenvalue weighted by Gasteiger charge is 2.28. The van der Waals surface area contributed by atoms with E-state index in [1.54, 1.807) is 6.26 Å². The molecule has 0 N–H and O–H groups in total. The Balaban J connectivity index is 1.66. The molecule has 0 spiro atoms. The van der Waals surface area contributed by atoms with Crippen molar-refractivity contribution in [3.05, 3.63) is 60.4 Å². The molecular formula is C25H32O4. The van der Waals surface area contributed by atoms with Crippen molar-refractivity contribution in [3.63, 3.8) is 0 Å². The van der Waals surface area contributed by atoms with Gasteiger partial charge in [0.1, 0.15) is 5.76 Å². The zero-order valence-electron chi connectivity index (χ0n) is 17.5. The summed E-state index contributed by atoms with van der Waals surface area (Å²) in [7, 11) is 1.42. The number of carbonyl (C=O) groups excluding carboxylic acids is 1. The molecule has 0 unspecified atom stereocenters. The molecule has 0 radical (unpaired) electrons. The molecule has 4 heteroatoms. The van der Waals surface area contributed by atoms with Crippen molar-refractivity contribution in [3.8, 4) is 11.3 Å². The summed E-state index contributed by atoms with van der Waals surface area (Å²) in [6.45, 7) is 2.76. The van der Waals surface area contributed by atoms with Gasteiger partial charge in [0.05, 0.1) is 32.5 Å². The Hall–Kier alpha value is -2.33. The zero-order valence-corrected chi connectivity index (χ0v) is 17.5. The van der Waals surface area contributed by atoms with Gasteiger partial charge in [-0.05, 0) is 42.5 Å². The average molecular weight is 397 g/mol. The molecule has 1 aliphatic rings. The standard InChI is InChI=1S/C25H32O4/c1-19(9-6-15-24(26)27-2)25(21-11-4-3-5-12-21)29-18-20-10-7-13-22(17-20)23-14-8-16-28-23/h6-10,13-14,16-17,19,21,25H,3-5,11-12,15,18H2,1-2H3/b9-6+/t19-,25+/m1/s1. The van der Waals surface area contributed by atoms with E-state index in [0.717, 1.165) is 16.9 Å². The van der Waals surface area contributed by atoms with Crippen molar-refractivity contribution in [2.75, 3.05) is 7.11 Å². The lowest BCUT2D eigenvalue weighted by molar-refractivity contribution is -0.139. The monoisotopic (exact) mass is 396 g/mol. The Bertz CT molecular complexity index is 772. The number of carbonyl (C=O) groups is 1. The summed E-state index contributed by atoms with van der Waals surface area (Å²) in [5.41, 5.74) is 2.21. The van der Waals surface area contributed by atoms with E-state index in [1.807, 2.05) is 24.3 Å². The van der Waals surface area contributed by atoms with Crippen LogP contribution < -0.4 is 0 Å². The average Bonchev–Trinajstić information content (AvgIpc) is 3.30. The minimum absolute atomic E-state index is 0.150. The lowest BCUT2D eigenvalue weighted by atomic mass is 9.80. The van der Waals surface area contributed by atoms with Crippen LogP contribution in [0.1, 0.15) is 51.0 Å². The van der Waals surface area contributed by atoms with Gasteiger partial charge < -0.3 is 13.9 Å². The lowest BCUT2D eigenvalue weighted by Crippen LogP contribution is -2.31. The fraction of sp³-hybridized carbons (Fsp3) is 0.480. The molecule has 0 amide bonds. The molecule has 0 saturated heterocycles. The number of hydrogen-bond donors (Lipinski definition) is 0. The Kier molecular flexibility index (Phi) is 8.12. The number of ether oxygens (including phenoxy) is 2. The van der Waals surface area contributed by atoms with Crippen LogP contribution in [-0.4, -0.2) is 19.2 Å². The van der Waals surface area contributed by atoms with Crippen LogP contribution >= 0.6 is 0 Å². The van der Waals surface area contributed by atoms with Crippen LogP contribution in [0.5, 0.6) is 0 Å². The number of furan rings is 1. The quantitative estimate of drug-likeness (QED) is 0.376. The maximum absolute atomic E-state index is 11.4. The normalized spacial score (nSPS) is 17.3. The first-order chi connectivity index (χ1) is 14.2. The summed E-state index contributed by atoms with van der Waals surface area (Å²) in [5.74, 6) is 1.47. The lowest BCUT2D eigenvalue weighted by Gasteiger charge is -2.33.